The third-order valence-corrected chi connectivity index (χ3v) is 12.1. The number of pyridine rings is 1. The molecule has 45 heavy (non-hydrogen) atoms. The molecule has 0 aliphatic heterocycles. The van der Waals surface area contributed by atoms with Crippen molar-refractivity contribution in [3.05, 3.63) is 71.7 Å². The average molecular weight is 807 g/mol. The largest absolute Gasteiger partial charge is 0.392 e. The summed E-state index contributed by atoms with van der Waals surface area (Å²) >= 11 is 0. The number of fused-ring (bicyclic) bond motifs is 3. The summed E-state index contributed by atoms with van der Waals surface area (Å²) in [6, 6.07) is 17.6. The Hall–Kier alpha value is -2.24. The van der Waals surface area contributed by atoms with Gasteiger partial charge in [0.15, 0.2) is 0 Å². The van der Waals surface area contributed by atoms with Gasteiger partial charge in [-0.05, 0) is 64.2 Å². The molecular weight excluding hydrogens is 754 g/mol. The Bertz CT molecular complexity index is 1600. The molecule has 3 aromatic carbocycles. The minimum atomic E-state index is -1.73. The molecule has 0 aliphatic rings. The summed E-state index contributed by atoms with van der Waals surface area (Å²) < 4.78 is 15.2. The molecule has 0 saturated heterocycles. The number of hydrogen-bond donors (Lipinski definition) is 1. The number of carbonyl (C=O) groups is 1. The summed E-state index contributed by atoms with van der Waals surface area (Å²) in [6.07, 6.45) is 5.12. The van der Waals surface area contributed by atoms with E-state index in [2.05, 4.69) is 76.6 Å². The topological polar surface area (TPSA) is 50.2 Å². The number of halogens is 1. The van der Waals surface area contributed by atoms with Crippen molar-refractivity contribution in [2.45, 2.75) is 113 Å². The van der Waals surface area contributed by atoms with Crippen LogP contribution in [0.3, 0.4) is 0 Å². The Balaban J connectivity index is 0.000000343. The smallest absolute Gasteiger partial charge is 0.141 e. The summed E-state index contributed by atoms with van der Waals surface area (Å²) in [5.41, 5.74) is 3.77. The number of carbonyl (C=O) groups excluding carboxylic acids is 1. The van der Waals surface area contributed by atoms with Crippen LogP contribution in [0.5, 0.6) is 0 Å². The average Bonchev–Trinajstić information content (AvgIpc) is 2.99. The van der Waals surface area contributed by atoms with Crippen molar-refractivity contribution in [3.8, 4) is 11.3 Å². The van der Waals surface area contributed by atoms with E-state index >= 15 is 4.39 Å². The van der Waals surface area contributed by atoms with Crippen LogP contribution < -0.4 is 5.19 Å². The Morgan fingerprint density at radius 1 is 0.889 bits per heavy atom. The van der Waals surface area contributed by atoms with Gasteiger partial charge in [-0.3, -0.25) is 4.79 Å². The number of ketones is 1. The molecule has 6 heteroatoms. The molecule has 1 heterocycles. The number of aryl methyl sites for hydroxylation is 2. The van der Waals surface area contributed by atoms with Crippen molar-refractivity contribution in [2.75, 3.05) is 0 Å². The minimum absolute atomic E-state index is 0. The number of rotatable bonds is 10. The van der Waals surface area contributed by atoms with Gasteiger partial charge in [0.25, 0.3) is 0 Å². The number of aromatic nitrogens is 1. The molecule has 0 spiro atoms. The zero-order valence-electron chi connectivity index (χ0n) is 29.2. The Morgan fingerprint density at radius 3 is 1.98 bits per heavy atom. The fourth-order valence-electron chi connectivity index (χ4n) is 5.89. The van der Waals surface area contributed by atoms with Gasteiger partial charge in [0, 0.05) is 43.5 Å². The summed E-state index contributed by atoms with van der Waals surface area (Å²) in [5.74, 6) is 0.146. The van der Waals surface area contributed by atoms with E-state index in [1.165, 1.54) is 5.56 Å². The molecule has 1 radical (unpaired) electrons. The first-order valence-electron chi connectivity index (χ1n) is 16.3. The number of aliphatic hydroxyl groups excluding tert-OH is 1. The first kappa shape index (κ1) is 38.9. The van der Waals surface area contributed by atoms with E-state index in [9.17, 15) is 9.90 Å². The predicted molar refractivity (Wildman–Crippen MR) is 189 cm³/mol. The second-order valence-corrected chi connectivity index (χ2v) is 19.2. The molecule has 0 aliphatic carbocycles. The minimum Gasteiger partial charge on any atom is -0.392 e. The molecule has 247 valence electrons. The zero-order chi connectivity index (χ0) is 33.0. The van der Waals surface area contributed by atoms with E-state index in [1.807, 2.05) is 58.2 Å². The van der Waals surface area contributed by atoms with E-state index in [0.29, 0.717) is 11.8 Å². The molecule has 0 amide bonds. The van der Waals surface area contributed by atoms with Crippen LogP contribution >= 0.6 is 0 Å². The van der Waals surface area contributed by atoms with Gasteiger partial charge in [0.05, 0.1) is 14.2 Å². The fourth-order valence-corrected chi connectivity index (χ4v) is 7.26. The number of Topliss-reactive ketones (excluding diaryl/α,β-unsaturated/α-hetero) is 1. The summed E-state index contributed by atoms with van der Waals surface area (Å²) in [7, 11) is -1.73. The Kier molecular flexibility index (Phi) is 13.5. The summed E-state index contributed by atoms with van der Waals surface area (Å²) in [6.45, 7) is 23.0. The van der Waals surface area contributed by atoms with Crippen molar-refractivity contribution < 1.29 is 34.4 Å². The molecule has 0 bridgehead atoms. The van der Waals surface area contributed by atoms with Crippen molar-refractivity contribution in [1.29, 1.82) is 0 Å². The molecule has 1 N–H and O–H groups in total. The van der Waals surface area contributed by atoms with Crippen molar-refractivity contribution >= 4 is 40.6 Å². The van der Waals surface area contributed by atoms with Crippen LogP contribution in [0.1, 0.15) is 84.8 Å². The maximum atomic E-state index is 15.2. The van der Waals surface area contributed by atoms with Crippen LogP contribution in [0.15, 0.2) is 48.7 Å². The molecule has 4 rings (SSSR count). The number of nitrogens with zero attached hydrogens (tertiary/aromatic N) is 1. The fraction of sp³-hybridized carbons (Fsp3) is 0.487. The van der Waals surface area contributed by atoms with Gasteiger partial charge in [-0.25, -0.2) is 4.39 Å². The third kappa shape index (κ3) is 8.57. The predicted octanol–water partition coefficient (Wildman–Crippen LogP) is 10.1. The summed E-state index contributed by atoms with van der Waals surface area (Å²) in [4.78, 5) is 16.9. The number of aliphatic hydroxyl groups is 1. The maximum absolute atomic E-state index is 15.2. The summed E-state index contributed by atoms with van der Waals surface area (Å²) in [5, 5.41) is 14.9. The van der Waals surface area contributed by atoms with E-state index in [-0.39, 0.29) is 42.5 Å². The van der Waals surface area contributed by atoms with Crippen LogP contribution in [0, 0.1) is 36.6 Å². The molecule has 1 atom stereocenters. The van der Waals surface area contributed by atoms with Gasteiger partial charge >= 0.3 is 0 Å². The van der Waals surface area contributed by atoms with Crippen LogP contribution in [0.2, 0.25) is 19.6 Å². The Morgan fingerprint density at radius 2 is 1.44 bits per heavy atom. The van der Waals surface area contributed by atoms with Crippen molar-refractivity contribution in [2.24, 2.45) is 10.8 Å². The monoisotopic (exact) mass is 807 g/mol. The first-order chi connectivity index (χ1) is 20.5. The van der Waals surface area contributed by atoms with Gasteiger partial charge in [-0.2, -0.15) is 0 Å². The molecule has 4 aromatic rings. The SMILES string of the molecule is CCC(C)(CC)C(=O)CC(O)C(C)(CC)CC.Cc1[c-]c(-c2nccc3c2ccc2c(F)c([Si](C)(C)C)ccc23)cc(C)c1.[Ir]. The molecule has 0 fully saturated rings. The molecular formula is C39H53FIrNO2Si-. The molecule has 1 aromatic heterocycles. The zero-order valence-corrected chi connectivity index (χ0v) is 32.6. The molecule has 3 nitrogen and oxygen atoms in total. The second-order valence-electron chi connectivity index (χ2n) is 14.1. The van der Waals surface area contributed by atoms with E-state index in [0.717, 1.165) is 63.8 Å². The number of benzene rings is 3. The van der Waals surface area contributed by atoms with Crippen LogP contribution in [-0.4, -0.2) is 30.1 Å². The third-order valence-electron chi connectivity index (χ3n) is 10.1. The first-order valence-corrected chi connectivity index (χ1v) is 19.8. The van der Waals surface area contributed by atoms with E-state index in [1.54, 1.807) is 0 Å². The molecule has 1 unspecified atom stereocenters. The van der Waals surface area contributed by atoms with Crippen LogP contribution in [-0.2, 0) is 24.9 Å². The van der Waals surface area contributed by atoms with Gasteiger partial charge in [-0.1, -0.05) is 99.3 Å². The van der Waals surface area contributed by atoms with E-state index < -0.39 is 14.2 Å². The number of hydrogen-bond acceptors (Lipinski definition) is 3. The van der Waals surface area contributed by atoms with Gasteiger partial charge in [-0.15, -0.1) is 34.9 Å². The van der Waals surface area contributed by atoms with Crippen molar-refractivity contribution in [1.82, 2.24) is 4.98 Å². The van der Waals surface area contributed by atoms with Crippen LogP contribution in [0.4, 0.5) is 4.39 Å². The van der Waals surface area contributed by atoms with Crippen molar-refractivity contribution in [3.63, 3.8) is 0 Å². The quantitative estimate of drug-likeness (QED) is 0.0987. The Labute approximate surface area is 285 Å². The van der Waals surface area contributed by atoms with E-state index in [4.69, 9.17) is 0 Å². The van der Waals surface area contributed by atoms with Gasteiger partial charge in [0.1, 0.15) is 11.6 Å². The van der Waals surface area contributed by atoms with Crippen LogP contribution in [0.25, 0.3) is 32.8 Å². The van der Waals surface area contributed by atoms with Gasteiger partial charge in [0.2, 0.25) is 0 Å². The standard InChI is InChI=1S/C24H23FNSi.C15H30O2.Ir/c1-15-12-16(2)14-17(13-15)24-21-7-6-20-18(19(21)10-11-26-24)8-9-22(23(20)25)27(3,4)5;1-7-14(5,8-2)12(16)11-13(17)15(6,9-3)10-4;/h6-13H,1-5H3;12,16H,7-11H2,1-6H3;/q-1;;. The second kappa shape index (κ2) is 15.6. The normalized spacial score (nSPS) is 12.8. The van der Waals surface area contributed by atoms with Gasteiger partial charge < -0.3 is 10.1 Å². The maximum Gasteiger partial charge on any atom is 0.141 e. The molecule has 0 saturated carbocycles.